The van der Waals surface area contributed by atoms with Crippen LogP contribution in [0, 0.1) is 0 Å². The van der Waals surface area contributed by atoms with Crippen LogP contribution in [0.1, 0.15) is 16.3 Å². The van der Waals surface area contributed by atoms with E-state index >= 15 is 0 Å². The number of furan rings is 1. The molecule has 0 saturated carbocycles. The van der Waals surface area contributed by atoms with E-state index in [4.69, 9.17) is 21.1 Å². The average molecular weight is 259 g/mol. The van der Waals surface area contributed by atoms with Crippen LogP contribution in [0.5, 0.6) is 0 Å². The van der Waals surface area contributed by atoms with Crippen LogP contribution in [-0.2, 0) is 6.54 Å². The van der Waals surface area contributed by atoms with Gasteiger partial charge in [0.2, 0.25) is 5.76 Å². The Kier molecular flexibility index (Phi) is 3.12. The zero-order valence-electron chi connectivity index (χ0n) is 7.94. The van der Waals surface area contributed by atoms with Crippen LogP contribution in [-0.4, -0.2) is 16.1 Å². The highest BCUT2D eigenvalue weighted by molar-refractivity contribution is 7.14. The normalized spacial score (nSPS) is 10.3. The summed E-state index contributed by atoms with van der Waals surface area (Å²) in [5.41, 5.74) is 0. The van der Waals surface area contributed by atoms with E-state index in [2.05, 4.69) is 10.3 Å². The van der Waals surface area contributed by atoms with Gasteiger partial charge in [-0.05, 0) is 12.1 Å². The number of thiazole rings is 1. The fraction of sp³-hybridized carbons (Fsp3) is 0.111. The monoisotopic (exact) mass is 258 g/mol. The molecule has 0 aliphatic heterocycles. The highest BCUT2D eigenvalue weighted by Gasteiger charge is 2.08. The topological polar surface area (TPSA) is 75.4 Å². The molecule has 2 aromatic heterocycles. The molecule has 16 heavy (non-hydrogen) atoms. The van der Waals surface area contributed by atoms with Gasteiger partial charge in [-0.15, -0.1) is 11.3 Å². The number of carboxylic acid groups (broad SMARTS) is 1. The largest absolute Gasteiger partial charge is 0.475 e. The second-order valence-electron chi connectivity index (χ2n) is 2.90. The lowest BCUT2D eigenvalue weighted by atomic mass is 10.4. The maximum absolute atomic E-state index is 10.5. The number of anilines is 1. The summed E-state index contributed by atoms with van der Waals surface area (Å²) in [7, 11) is 0. The van der Waals surface area contributed by atoms with E-state index in [0.29, 0.717) is 22.6 Å². The van der Waals surface area contributed by atoms with Gasteiger partial charge in [-0.25, -0.2) is 9.78 Å². The van der Waals surface area contributed by atoms with E-state index in [9.17, 15) is 4.79 Å². The third kappa shape index (κ3) is 2.53. The van der Waals surface area contributed by atoms with E-state index in [1.807, 2.05) is 0 Å². The average Bonchev–Trinajstić information content (AvgIpc) is 2.83. The van der Waals surface area contributed by atoms with Crippen molar-refractivity contribution in [2.24, 2.45) is 0 Å². The molecule has 2 aromatic rings. The van der Waals surface area contributed by atoms with Crippen LogP contribution in [0.15, 0.2) is 21.9 Å². The number of nitrogens with one attached hydrogen (secondary N) is 1. The van der Waals surface area contributed by atoms with Crippen molar-refractivity contribution < 1.29 is 14.3 Å². The third-order valence-corrected chi connectivity index (χ3v) is 2.89. The lowest BCUT2D eigenvalue weighted by molar-refractivity contribution is 0.0660. The minimum atomic E-state index is -1.08. The highest BCUT2D eigenvalue weighted by Crippen LogP contribution is 2.19. The number of rotatable bonds is 4. The lowest BCUT2D eigenvalue weighted by Gasteiger charge is -1.98. The zero-order chi connectivity index (χ0) is 11.5. The molecule has 0 atom stereocenters. The fourth-order valence-electron chi connectivity index (χ4n) is 1.09. The molecule has 84 valence electrons. The molecule has 0 aromatic carbocycles. The van der Waals surface area contributed by atoms with Crippen LogP contribution in [0.4, 0.5) is 5.13 Å². The second kappa shape index (κ2) is 4.54. The molecule has 0 radical (unpaired) electrons. The van der Waals surface area contributed by atoms with Crippen molar-refractivity contribution in [2.75, 3.05) is 5.32 Å². The molecule has 0 bridgehead atoms. The Morgan fingerprint density at radius 3 is 3.00 bits per heavy atom. The lowest BCUT2D eigenvalue weighted by Crippen LogP contribution is -1.97. The van der Waals surface area contributed by atoms with E-state index < -0.39 is 5.97 Å². The molecule has 7 heteroatoms. The number of carbonyl (C=O) groups is 1. The summed E-state index contributed by atoms with van der Waals surface area (Å²) >= 11 is 7.02. The maximum atomic E-state index is 10.5. The van der Waals surface area contributed by atoms with Gasteiger partial charge in [0.15, 0.2) is 5.13 Å². The third-order valence-electron chi connectivity index (χ3n) is 1.76. The summed E-state index contributed by atoms with van der Waals surface area (Å²) in [4.78, 5) is 14.5. The highest BCUT2D eigenvalue weighted by atomic mass is 35.5. The molecule has 2 rings (SSSR count). The van der Waals surface area contributed by atoms with E-state index in [0.717, 1.165) is 0 Å². The number of carboxylic acids is 1. The van der Waals surface area contributed by atoms with Gasteiger partial charge in [0.1, 0.15) is 10.9 Å². The van der Waals surface area contributed by atoms with Crippen LogP contribution in [0.2, 0.25) is 5.15 Å². The van der Waals surface area contributed by atoms with Crippen molar-refractivity contribution in [3.63, 3.8) is 0 Å². The molecule has 2 heterocycles. The van der Waals surface area contributed by atoms with Crippen LogP contribution >= 0.6 is 22.9 Å². The number of nitrogens with zero attached hydrogens (tertiary/aromatic N) is 1. The predicted octanol–water partition coefficient (Wildman–Crippen LogP) is 2.70. The van der Waals surface area contributed by atoms with Gasteiger partial charge < -0.3 is 14.8 Å². The molecule has 2 N–H and O–H groups in total. The molecule has 0 aliphatic carbocycles. The summed E-state index contributed by atoms with van der Waals surface area (Å²) in [6, 6.07) is 3.01. The Hall–Kier alpha value is -1.53. The Morgan fingerprint density at radius 1 is 1.62 bits per heavy atom. The minimum Gasteiger partial charge on any atom is -0.475 e. The summed E-state index contributed by atoms with van der Waals surface area (Å²) in [6.45, 7) is 0.372. The summed E-state index contributed by atoms with van der Waals surface area (Å²) in [6.07, 6.45) is 0. The number of hydrogen-bond acceptors (Lipinski definition) is 5. The predicted molar refractivity (Wildman–Crippen MR) is 60.1 cm³/mol. The van der Waals surface area contributed by atoms with Crippen molar-refractivity contribution in [1.82, 2.24) is 4.98 Å². The molecule has 0 unspecified atom stereocenters. The standard InChI is InChI=1S/C9H7ClN2O3S/c10-7-4-16-9(12-7)11-3-5-1-2-6(15-5)8(13)14/h1-2,4H,3H2,(H,11,12)(H,13,14). The maximum Gasteiger partial charge on any atom is 0.371 e. The molecule has 0 aliphatic rings. The smallest absolute Gasteiger partial charge is 0.371 e. The Labute approximate surface area is 99.7 Å². The first-order valence-electron chi connectivity index (χ1n) is 4.32. The van der Waals surface area contributed by atoms with Crippen molar-refractivity contribution in [1.29, 1.82) is 0 Å². The van der Waals surface area contributed by atoms with Gasteiger partial charge in [0.05, 0.1) is 6.54 Å². The van der Waals surface area contributed by atoms with E-state index in [1.54, 1.807) is 11.4 Å². The van der Waals surface area contributed by atoms with Crippen LogP contribution < -0.4 is 5.32 Å². The van der Waals surface area contributed by atoms with Crippen molar-refractivity contribution in [3.8, 4) is 0 Å². The van der Waals surface area contributed by atoms with Crippen molar-refractivity contribution >= 4 is 34.0 Å². The Bertz CT molecular complexity index is 508. The minimum absolute atomic E-state index is 0.0750. The van der Waals surface area contributed by atoms with E-state index in [1.165, 1.54) is 17.4 Å². The first kappa shape index (κ1) is 11.0. The summed E-state index contributed by atoms with van der Waals surface area (Å²) in [5.74, 6) is -0.624. The molecule has 5 nitrogen and oxygen atoms in total. The second-order valence-corrected chi connectivity index (χ2v) is 4.15. The van der Waals surface area contributed by atoms with Crippen LogP contribution in [0.25, 0.3) is 0 Å². The number of aromatic nitrogens is 1. The summed E-state index contributed by atoms with van der Waals surface area (Å²) in [5, 5.41) is 14.4. The van der Waals surface area contributed by atoms with Crippen molar-refractivity contribution in [3.05, 3.63) is 34.2 Å². The Balaban J connectivity index is 1.97. The molecular weight excluding hydrogens is 252 g/mol. The van der Waals surface area contributed by atoms with E-state index in [-0.39, 0.29) is 5.76 Å². The first-order valence-corrected chi connectivity index (χ1v) is 5.58. The van der Waals surface area contributed by atoms with Crippen LogP contribution in [0.3, 0.4) is 0 Å². The SMILES string of the molecule is O=C(O)c1ccc(CNc2nc(Cl)cs2)o1. The number of halogens is 1. The zero-order valence-corrected chi connectivity index (χ0v) is 9.51. The van der Waals surface area contributed by atoms with Gasteiger partial charge in [-0.1, -0.05) is 11.6 Å². The molecule has 0 saturated heterocycles. The number of hydrogen-bond donors (Lipinski definition) is 2. The summed E-state index contributed by atoms with van der Waals surface area (Å²) < 4.78 is 5.06. The molecule has 0 spiro atoms. The molecule has 0 amide bonds. The van der Waals surface area contributed by atoms with Gasteiger partial charge in [0, 0.05) is 5.38 Å². The molecule has 0 fully saturated rings. The van der Waals surface area contributed by atoms with Gasteiger partial charge in [0.25, 0.3) is 0 Å². The fourth-order valence-corrected chi connectivity index (χ4v) is 1.92. The number of aromatic carboxylic acids is 1. The van der Waals surface area contributed by atoms with Gasteiger partial charge >= 0.3 is 5.97 Å². The quantitative estimate of drug-likeness (QED) is 0.882. The first-order chi connectivity index (χ1) is 7.65. The molecular formula is C9H7ClN2O3S. The van der Waals surface area contributed by atoms with Gasteiger partial charge in [-0.2, -0.15) is 0 Å². The Morgan fingerprint density at radius 2 is 2.44 bits per heavy atom. The van der Waals surface area contributed by atoms with Crippen molar-refractivity contribution in [2.45, 2.75) is 6.54 Å². The van der Waals surface area contributed by atoms with Gasteiger partial charge in [-0.3, -0.25) is 0 Å².